The number of carboxylic acids is 1. The SMILES string of the molecule is Nc1ccc(-c2ccc(-c3cnc(C(S)C(=O)O)s3)cc2)cc1. The Morgan fingerprint density at radius 3 is 2.13 bits per heavy atom. The number of benzene rings is 2. The second-order valence-electron chi connectivity index (χ2n) is 5.00. The first kappa shape index (κ1) is 15.6. The molecule has 0 aliphatic carbocycles. The summed E-state index contributed by atoms with van der Waals surface area (Å²) in [7, 11) is 0. The molecule has 0 aliphatic rings. The quantitative estimate of drug-likeness (QED) is 0.492. The molecule has 116 valence electrons. The van der Waals surface area contributed by atoms with Crippen LogP contribution in [0.15, 0.2) is 54.7 Å². The number of rotatable bonds is 4. The zero-order chi connectivity index (χ0) is 16.4. The van der Waals surface area contributed by atoms with Crippen molar-refractivity contribution in [1.82, 2.24) is 4.98 Å². The number of hydrogen-bond acceptors (Lipinski definition) is 5. The normalized spacial score (nSPS) is 12.0. The van der Waals surface area contributed by atoms with E-state index in [9.17, 15) is 4.79 Å². The van der Waals surface area contributed by atoms with E-state index >= 15 is 0 Å². The van der Waals surface area contributed by atoms with Gasteiger partial charge in [-0.25, -0.2) is 4.98 Å². The lowest BCUT2D eigenvalue weighted by Gasteiger charge is -2.04. The zero-order valence-electron chi connectivity index (χ0n) is 12.0. The van der Waals surface area contributed by atoms with Crippen LogP contribution in [0.25, 0.3) is 21.6 Å². The predicted octanol–water partition coefficient (Wildman–Crippen LogP) is 4.11. The van der Waals surface area contributed by atoms with Crippen molar-refractivity contribution in [3.8, 4) is 21.6 Å². The average Bonchev–Trinajstić information content (AvgIpc) is 3.05. The molecule has 0 spiro atoms. The van der Waals surface area contributed by atoms with Gasteiger partial charge in [0.1, 0.15) is 5.01 Å². The van der Waals surface area contributed by atoms with E-state index in [1.807, 2.05) is 48.5 Å². The van der Waals surface area contributed by atoms with Gasteiger partial charge in [-0.05, 0) is 28.8 Å². The first-order valence-electron chi connectivity index (χ1n) is 6.87. The number of carbonyl (C=O) groups is 1. The van der Waals surface area contributed by atoms with Crippen LogP contribution in [0.2, 0.25) is 0 Å². The smallest absolute Gasteiger partial charge is 0.323 e. The molecule has 3 aromatic rings. The lowest BCUT2D eigenvalue weighted by atomic mass is 10.0. The number of aliphatic carboxylic acids is 1. The number of thiazole rings is 1. The van der Waals surface area contributed by atoms with Crippen LogP contribution in [0.1, 0.15) is 10.3 Å². The first-order chi connectivity index (χ1) is 11.0. The Bertz CT molecular complexity index is 827. The molecule has 0 fully saturated rings. The fraction of sp³-hybridized carbons (Fsp3) is 0.0588. The number of nitrogen functional groups attached to an aromatic ring is 1. The molecule has 0 amide bonds. The third-order valence-electron chi connectivity index (χ3n) is 3.40. The van der Waals surface area contributed by atoms with Crippen molar-refractivity contribution in [2.45, 2.75) is 5.25 Å². The highest BCUT2D eigenvalue weighted by Crippen LogP contribution is 2.32. The molecule has 1 aromatic heterocycles. The summed E-state index contributed by atoms with van der Waals surface area (Å²) >= 11 is 5.39. The second kappa shape index (κ2) is 6.44. The highest BCUT2D eigenvalue weighted by Gasteiger charge is 2.19. The minimum atomic E-state index is -0.993. The number of aromatic nitrogens is 1. The molecule has 1 unspecified atom stereocenters. The molecule has 23 heavy (non-hydrogen) atoms. The highest BCUT2D eigenvalue weighted by atomic mass is 32.1. The Kier molecular flexibility index (Phi) is 4.36. The van der Waals surface area contributed by atoms with Crippen LogP contribution in [-0.4, -0.2) is 16.1 Å². The van der Waals surface area contributed by atoms with Crippen molar-refractivity contribution in [3.05, 3.63) is 59.7 Å². The van der Waals surface area contributed by atoms with Crippen molar-refractivity contribution in [2.75, 3.05) is 5.73 Å². The lowest BCUT2D eigenvalue weighted by molar-refractivity contribution is -0.136. The van der Waals surface area contributed by atoms with Gasteiger partial charge in [-0.1, -0.05) is 36.4 Å². The van der Waals surface area contributed by atoms with E-state index < -0.39 is 11.2 Å². The summed E-state index contributed by atoms with van der Waals surface area (Å²) < 4.78 is 0. The number of hydrogen-bond donors (Lipinski definition) is 3. The van der Waals surface area contributed by atoms with Gasteiger partial charge in [0.25, 0.3) is 0 Å². The van der Waals surface area contributed by atoms with E-state index in [0.717, 1.165) is 27.3 Å². The van der Waals surface area contributed by atoms with E-state index in [2.05, 4.69) is 17.6 Å². The Hall–Kier alpha value is -2.31. The highest BCUT2D eigenvalue weighted by molar-refractivity contribution is 7.81. The van der Waals surface area contributed by atoms with Crippen molar-refractivity contribution in [2.24, 2.45) is 0 Å². The molecule has 0 aliphatic heterocycles. The Balaban J connectivity index is 1.85. The molecule has 6 heteroatoms. The fourth-order valence-corrected chi connectivity index (χ4v) is 3.28. The van der Waals surface area contributed by atoms with Gasteiger partial charge in [-0.15, -0.1) is 11.3 Å². The number of carboxylic acid groups (broad SMARTS) is 1. The minimum Gasteiger partial charge on any atom is -0.480 e. The van der Waals surface area contributed by atoms with Gasteiger partial charge in [0.05, 0.1) is 4.88 Å². The fourth-order valence-electron chi connectivity index (χ4n) is 2.16. The number of anilines is 1. The van der Waals surface area contributed by atoms with Crippen molar-refractivity contribution in [1.29, 1.82) is 0 Å². The van der Waals surface area contributed by atoms with E-state index in [-0.39, 0.29) is 0 Å². The standard InChI is InChI=1S/C17H14N2O2S2/c18-13-7-5-11(6-8-13)10-1-3-12(4-2-10)14-9-19-16(23-14)15(22)17(20)21/h1-9,15,22H,18H2,(H,20,21). The molecule has 0 saturated carbocycles. The Morgan fingerprint density at radius 1 is 1.04 bits per heavy atom. The molecule has 4 nitrogen and oxygen atoms in total. The average molecular weight is 342 g/mol. The zero-order valence-corrected chi connectivity index (χ0v) is 13.7. The molecule has 1 atom stereocenters. The Morgan fingerprint density at radius 2 is 1.57 bits per heavy atom. The summed E-state index contributed by atoms with van der Waals surface area (Å²) in [6.45, 7) is 0. The summed E-state index contributed by atoms with van der Waals surface area (Å²) in [6, 6.07) is 15.7. The number of nitrogens with two attached hydrogens (primary N) is 1. The van der Waals surface area contributed by atoms with Gasteiger partial charge < -0.3 is 10.8 Å². The summed E-state index contributed by atoms with van der Waals surface area (Å²) in [4.78, 5) is 16.0. The lowest BCUT2D eigenvalue weighted by Crippen LogP contribution is -2.03. The maximum atomic E-state index is 11.0. The van der Waals surface area contributed by atoms with Crippen molar-refractivity contribution < 1.29 is 9.90 Å². The van der Waals surface area contributed by atoms with Crippen LogP contribution >= 0.6 is 24.0 Å². The van der Waals surface area contributed by atoms with Crippen LogP contribution in [0.3, 0.4) is 0 Å². The van der Waals surface area contributed by atoms with Crippen LogP contribution in [-0.2, 0) is 4.79 Å². The van der Waals surface area contributed by atoms with Gasteiger partial charge in [0.15, 0.2) is 5.25 Å². The van der Waals surface area contributed by atoms with E-state index in [4.69, 9.17) is 10.8 Å². The second-order valence-corrected chi connectivity index (χ2v) is 6.58. The summed E-state index contributed by atoms with van der Waals surface area (Å²) in [5.74, 6) is -0.993. The predicted molar refractivity (Wildman–Crippen MR) is 96.8 cm³/mol. The molecular formula is C17H14N2O2S2. The van der Waals surface area contributed by atoms with Gasteiger partial charge in [0.2, 0.25) is 0 Å². The largest absolute Gasteiger partial charge is 0.480 e. The maximum Gasteiger partial charge on any atom is 0.323 e. The van der Waals surface area contributed by atoms with Crippen LogP contribution < -0.4 is 5.73 Å². The molecule has 0 saturated heterocycles. The van der Waals surface area contributed by atoms with Gasteiger partial charge in [0, 0.05) is 11.9 Å². The minimum absolute atomic E-state index is 0.485. The summed E-state index contributed by atoms with van der Waals surface area (Å²) in [5, 5.41) is 8.58. The van der Waals surface area contributed by atoms with E-state index in [1.54, 1.807) is 6.20 Å². The van der Waals surface area contributed by atoms with E-state index in [0.29, 0.717) is 5.01 Å². The van der Waals surface area contributed by atoms with Gasteiger partial charge >= 0.3 is 5.97 Å². The molecule has 2 aromatic carbocycles. The third-order valence-corrected chi connectivity index (χ3v) is 5.16. The topological polar surface area (TPSA) is 76.2 Å². The molecule has 3 N–H and O–H groups in total. The van der Waals surface area contributed by atoms with Crippen molar-refractivity contribution >= 4 is 35.6 Å². The first-order valence-corrected chi connectivity index (χ1v) is 8.21. The van der Waals surface area contributed by atoms with Crippen LogP contribution in [0.4, 0.5) is 5.69 Å². The maximum absolute atomic E-state index is 11.0. The van der Waals surface area contributed by atoms with E-state index in [1.165, 1.54) is 11.3 Å². The molecule has 1 heterocycles. The third kappa shape index (κ3) is 3.38. The molecular weight excluding hydrogens is 328 g/mol. The van der Waals surface area contributed by atoms with Crippen LogP contribution in [0, 0.1) is 0 Å². The van der Waals surface area contributed by atoms with Gasteiger partial charge in [-0.3, -0.25) is 4.79 Å². The summed E-state index contributed by atoms with van der Waals surface area (Å²) in [5.41, 5.74) is 9.62. The molecule has 0 radical (unpaired) electrons. The molecule has 0 bridgehead atoms. The van der Waals surface area contributed by atoms with Gasteiger partial charge in [-0.2, -0.15) is 12.6 Å². The number of thiol groups is 1. The number of nitrogens with zero attached hydrogens (tertiary/aromatic N) is 1. The van der Waals surface area contributed by atoms with Crippen molar-refractivity contribution in [3.63, 3.8) is 0 Å². The van der Waals surface area contributed by atoms with Crippen LogP contribution in [0.5, 0.6) is 0 Å². The monoisotopic (exact) mass is 342 g/mol. The summed E-state index contributed by atoms with van der Waals surface area (Å²) in [6.07, 6.45) is 1.68. The Labute approximate surface area is 143 Å². The molecule has 3 rings (SSSR count).